The Morgan fingerprint density at radius 1 is 1.18 bits per heavy atom. The Morgan fingerprint density at radius 3 is 2.23 bits per heavy atom. The molecule has 1 rings (SSSR count). The summed E-state index contributed by atoms with van der Waals surface area (Å²) in [6.07, 6.45) is 0.473. The number of aliphatic carboxylic acids is 1. The van der Waals surface area contributed by atoms with Crippen molar-refractivity contribution >= 4 is 12.1 Å². The Labute approximate surface area is 131 Å². The van der Waals surface area contributed by atoms with Gasteiger partial charge in [-0.25, -0.2) is 9.59 Å². The first-order valence-corrected chi connectivity index (χ1v) is 7.47. The molecule has 5 nitrogen and oxygen atoms in total. The molecule has 0 bridgehead atoms. The van der Waals surface area contributed by atoms with Gasteiger partial charge in [-0.2, -0.15) is 0 Å². The minimum atomic E-state index is -1.36. The molecule has 0 aliphatic carbocycles. The Bertz CT molecular complexity index is 507. The van der Waals surface area contributed by atoms with Crippen molar-refractivity contribution in [1.82, 2.24) is 5.32 Å². The second kappa shape index (κ2) is 7.29. The maximum absolute atomic E-state index is 12.0. The fraction of sp³-hybridized carbons (Fsp3) is 0.529. The first-order chi connectivity index (χ1) is 10.2. The maximum atomic E-state index is 12.0. The molecule has 5 heteroatoms. The lowest BCUT2D eigenvalue weighted by Gasteiger charge is -2.31. The molecule has 1 aromatic rings. The van der Waals surface area contributed by atoms with Crippen LogP contribution in [-0.2, 0) is 16.0 Å². The minimum absolute atomic E-state index is 0.219. The molecular formula is C17H25NO4. The molecule has 1 aromatic carbocycles. The number of hydrogen-bond donors (Lipinski definition) is 2. The molecule has 122 valence electrons. The molecule has 0 saturated heterocycles. The van der Waals surface area contributed by atoms with Crippen LogP contribution in [0.3, 0.4) is 0 Å². The smallest absolute Gasteiger partial charge is 0.408 e. The van der Waals surface area contributed by atoms with E-state index in [0.717, 1.165) is 5.56 Å². The van der Waals surface area contributed by atoms with Crippen molar-refractivity contribution in [2.75, 3.05) is 0 Å². The van der Waals surface area contributed by atoms with Crippen molar-refractivity contribution in [1.29, 1.82) is 0 Å². The van der Waals surface area contributed by atoms with Gasteiger partial charge in [0.05, 0.1) is 0 Å². The molecule has 1 amide bonds. The Morgan fingerprint density at radius 2 is 1.77 bits per heavy atom. The van der Waals surface area contributed by atoms with Gasteiger partial charge in [-0.1, -0.05) is 43.7 Å². The van der Waals surface area contributed by atoms with Gasteiger partial charge in [0.25, 0.3) is 0 Å². The third-order valence-electron chi connectivity index (χ3n) is 3.18. The molecule has 0 saturated carbocycles. The number of carbonyl (C=O) groups is 2. The zero-order valence-electron chi connectivity index (χ0n) is 13.7. The third kappa shape index (κ3) is 5.39. The van der Waals surface area contributed by atoms with Gasteiger partial charge < -0.3 is 15.2 Å². The normalized spacial score (nSPS) is 14.0. The summed E-state index contributed by atoms with van der Waals surface area (Å²) >= 11 is 0. The second-order valence-corrected chi connectivity index (χ2v) is 6.43. The van der Waals surface area contributed by atoms with Gasteiger partial charge in [-0.15, -0.1) is 0 Å². The number of benzene rings is 1. The zero-order chi connectivity index (χ0) is 16.8. The third-order valence-corrected chi connectivity index (χ3v) is 3.18. The summed E-state index contributed by atoms with van der Waals surface area (Å²) in [5.74, 6) is -1.05. The lowest BCUT2D eigenvalue weighted by atomic mass is 9.86. The molecule has 0 aliphatic rings. The highest BCUT2D eigenvalue weighted by atomic mass is 16.6. The van der Waals surface area contributed by atoms with E-state index in [9.17, 15) is 14.7 Å². The molecular weight excluding hydrogens is 282 g/mol. The average Bonchev–Trinajstić information content (AvgIpc) is 2.37. The standard InChI is InChI=1S/C17H25NO4/c1-5-11-17(14(19)20,12-13-9-7-6-8-10-13)18-15(21)22-16(2,3)4/h6-10H,5,11-12H2,1-4H3,(H,18,21)(H,19,20). The van der Waals surface area contributed by atoms with Crippen molar-refractivity contribution in [3.63, 3.8) is 0 Å². The van der Waals surface area contributed by atoms with E-state index in [4.69, 9.17) is 4.74 Å². The quantitative estimate of drug-likeness (QED) is 0.845. The van der Waals surface area contributed by atoms with E-state index in [1.807, 2.05) is 37.3 Å². The van der Waals surface area contributed by atoms with Gasteiger partial charge in [0.1, 0.15) is 11.1 Å². The van der Waals surface area contributed by atoms with Crippen molar-refractivity contribution in [3.8, 4) is 0 Å². The molecule has 22 heavy (non-hydrogen) atoms. The summed E-state index contributed by atoms with van der Waals surface area (Å²) in [6, 6.07) is 9.27. The summed E-state index contributed by atoms with van der Waals surface area (Å²) < 4.78 is 5.21. The summed E-state index contributed by atoms with van der Waals surface area (Å²) in [5, 5.41) is 12.3. The number of carboxylic acids is 1. The SMILES string of the molecule is CCCC(Cc1ccccc1)(NC(=O)OC(C)(C)C)C(=O)O. The van der Waals surface area contributed by atoms with E-state index in [1.54, 1.807) is 20.8 Å². The Balaban J connectivity index is 3.00. The number of carboxylic acid groups (broad SMARTS) is 1. The molecule has 0 radical (unpaired) electrons. The van der Waals surface area contributed by atoms with Gasteiger partial charge in [0.2, 0.25) is 0 Å². The first kappa shape index (κ1) is 18.0. The largest absolute Gasteiger partial charge is 0.479 e. The Kier molecular flexibility index (Phi) is 5.97. The van der Waals surface area contributed by atoms with Gasteiger partial charge >= 0.3 is 12.1 Å². The van der Waals surface area contributed by atoms with Crippen molar-refractivity contribution in [2.24, 2.45) is 0 Å². The summed E-state index contributed by atoms with van der Waals surface area (Å²) in [7, 11) is 0. The molecule has 0 spiro atoms. The number of hydrogen-bond acceptors (Lipinski definition) is 3. The number of nitrogens with one attached hydrogen (secondary N) is 1. The molecule has 0 aromatic heterocycles. The Hall–Kier alpha value is -2.04. The van der Waals surface area contributed by atoms with Gasteiger partial charge in [-0.3, -0.25) is 0 Å². The molecule has 1 atom stereocenters. The van der Waals surface area contributed by atoms with Crippen LogP contribution in [0.5, 0.6) is 0 Å². The van der Waals surface area contributed by atoms with Crippen LogP contribution in [0.4, 0.5) is 4.79 Å². The van der Waals surface area contributed by atoms with Crippen LogP contribution in [-0.4, -0.2) is 28.3 Å². The predicted molar refractivity (Wildman–Crippen MR) is 84.8 cm³/mol. The van der Waals surface area contributed by atoms with Crippen LogP contribution in [0.2, 0.25) is 0 Å². The van der Waals surface area contributed by atoms with Gasteiger partial charge in [-0.05, 0) is 32.8 Å². The summed E-state index contributed by atoms with van der Waals surface area (Å²) in [4.78, 5) is 23.9. The second-order valence-electron chi connectivity index (χ2n) is 6.43. The number of alkyl carbamates (subject to hydrolysis) is 1. The van der Waals surface area contributed by atoms with E-state index >= 15 is 0 Å². The van der Waals surface area contributed by atoms with Crippen molar-refractivity contribution < 1.29 is 19.4 Å². The van der Waals surface area contributed by atoms with E-state index in [1.165, 1.54) is 0 Å². The lowest BCUT2D eigenvalue weighted by molar-refractivity contribution is -0.145. The number of ether oxygens (including phenoxy) is 1. The van der Waals surface area contributed by atoms with Crippen LogP contribution in [0.15, 0.2) is 30.3 Å². The zero-order valence-corrected chi connectivity index (χ0v) is 13.7. The number of rotatable bonds is 6. The highest BCUT2D eigenvalue weighted by molar-refractivity contribution is 5.84. The molecule has 2 N–H and O–H groups in total. The summed E-state index contributed by atoms with van der Waals surface area (Å²) in [6.45, 7) is 7.11. The van der Waals surface area contributed by atoms with E-state index in [0.29, 0.717) is 12.8 Å². The topological polar surface area (TPSA) is 75.6 Å². The highest BCUT2D eigenvalue weighted by Crippen LogP contribution is 2.21. The maximum Gasteiger partial charge on any atom is 0.408 e. The first-order valence-electron chi connectivity index (χ1n) is 7.47. The van der Waals surface area contributed by atoms with Gasteiger partial charge in [0, 0.05) is 6.42 Å². The molecule has 0 aliphatic heterocycles. The van der Waals surface area contributed by atoms with Crippen molar-refractivity contribution in [2.45, 2.75) is 58.1 Å². The molecule has 0 fully saturated rings. The highest BCUT2D eigenvalue weighted by Gasteiger charge is 2.40. The minimum Gasteiger partial charge on any atom is -0.479 e. The number of carbonyl (C=O) groups excluding carboxylic acids is 1. The predicted octanol–water partition coefficient (Wildman–Crippen LogP) is 3.38. The van der Waals surface area contributed by atoms with E-state index in [2.05, 4.69) is 5.32 Å². The fourth-order valence-electron chi connectivity index (χ4n) is 2.30. The molecule has 0 heterocycles. The lowest BCUT2D eigenvalue weighted by Crippen LogP contribution is -2.57. The fourth-order valence-corrected chi connectivity index (χ4v) is 2.30. The van der Waals surface area contributed by atoms with Crippen molar-refractivity contribution in [3.05, 3.63) is 35.9 Å². The number of amides is 1. The van der Waals surface area contributed by atoms with Crippen LogP contribution in [0.1, 0.15) is 46.1 Å². The van der Waals surface area contributed by atoms with Crippen LogP contribution in [0.25, 0.3) is 0 Å². The van der Waals surface area contributed by atoms with Crippen LogP contribution >= 0.6 is 0 Å². The van der Waals surface area contributed by atoms with Crippen LogP contribution < -0.4 is 5.32 Å². The molecule has 1 unspecified atom stereocenters. The van der Waals surface area contributed by atoms with Crippen LogP contribution in [0, 0.1) is 0 Å². The van der Waals surface area contributed by atoms with E-state index in [-0.39, 0.29) is 6.42 Å². The van der Waals surface area contributed by atoms with Gasteiger partial charge in [0.15, 0.2) is 0 Å². The van der Waals surface area contributed by atoms with E-state index < -0.39 is 23.2 Å². The monoisotopic (exact) mass is 307 g/mol. The average molecular weight is 307 g/mol. The summed E-state index contributed by atoms with van der Waals surface area (Å²) in [5.41, 5.74) is -1.18.